The van der Waals surface area contributed by atoms with Gasteiger partial charge in [-0.25, -0.2) is 0 Å². The monoisotopic (exact) mass is 301 g/mol. The van der Waals surface area contributed by atoms with E-state index in [0.29, 0.717) is 23.0 Å². The molecule has 0 saturated heterocycles. The van der Waals surface area contributed by atoms with E-state index in [-0.39, 0.29) is 0 Å². The van der Waals surface area contributed by atoms with E-state index in [0.717, 1.165) is 12.8 Å². The molecule has 1 aliphatic carbocycles. The second-order valence-corrected chi connectivity index (χ2v) is 5.20. The Morgan fingerprint density at radius 2 is 2.24 bits per heavy atom. The van der Waals surface area contributed by atoms with Crippen LogP contribution in [0.2, 0.25) is 0 Å². The highest BCUT2D eigenvalue weighted by Crippen LogP contribution is 2.23. The highest BCUT2D eigenvalue weighted by Gasteiger charge is 2.25. The molecule has 2 N–H and O–H groups in total. The molecule has 1 aromatic heterocycles. The van der Waals surface area contributed by atoms with Crippen LogP contribution in [0, 0.1) is 0 Å². The molecule has 1 aromatic rings. The summed E-state index contributed by atoms with van der Waals surface area (Å²) >= 11 is 3.19. The maximum Gasteiger partial charge on any atom is 0.315 e. The van der Waals surface area contributed by atoms with Crippen LogP contribution in [-0.4, -0.2) is 23.7 Å². The van der Waals surface area contributed by atoms with E-state index in [1.807, 2.05) is 0 Å². The van der Waals surface area contributed by atoms with E-state index in [2.05, 4.69) is 21.2 Å². The summed E-state index contributed by atoms with van der Waals surface area (Å²) in [5.74, 6) is -0.964. The lowest BCUT2D eigenvalue weighted by Gasteiger charge is -2.15. The molecule has 0 aliphatic heterocycles. The van der Waals surface area contributed by atoms with Crippen LogP contribution in [0.4, 0.5) is 0 Å². The van der Waals surface area contributed by atoms with Gasteiger partial charge in [0.25, 0.3) is 0 Å². The molecule has 1 saturated carbocycles. The normalized spacial score (nSPS) is 18.4. The Labute approximate surface area is 109 Å². The van der Waals surface area contributed by atoms with E-state index >= 15 is 0 Å². The van der Waals surface area contributed by atoms with Crippen LogP contribution in [0.5, 0.6) is 0 Å². The van der Waals surface area contributed by atoms with Crippen molar-refractivity contribution in [1.82, 2.24) is 5.32 Å². The molecule has 94 valence electrons. The molecule has 17 heavy (non-hydrogen) atoms. The van der Waals surface area contributed by atoms with Crippen molar-refractivity contribution in [2.24, 2.45) is 0 Å². The number of hydrogen-bond donors (Lipinski definition) is 2. The number of aliphatic carboxylic acids is 1. The van der Waals surface area contributed by atoms with Gasteiger partial charge >= 0.3 is 5.97 Å². The van der Waals surface area contributed by atoms with Gasteiger partial charge in [0.1, 0.15) is 11.7 Å². The van der Waals surface area contributed by atoms with Crippen LogP contribution >= 0.6 is 15.9 Å². The molecule has 0 spiro atoms. The largest absolute Gasteiger partial charge is 0.481 e. The van der Waals surface area contributed by atoms with Gasteiger partial charge < -0.3 is 14.8 Å². The summed E-state index contributed by atoms with van der Waals surface area (Å²) in [4.78, 5) is 11.2. The van der Waals surface area contributed by atoms with Crippen molar-refractivity contribution in [2.75, 3.05) is 6.54 Å². The Morgan fingerprint density at radius 1 is 1.53 bits per heavy atom. The summed E-state index contributed by atoms with van der Waals surface area (Å²) in [6.07, 6.45) is 4.77. The number of halogens is 1. The van der Waals surface area contributed by atoms with Crippen molar-refractivity contribution in [1.29, 1.82) is 0 Å². The Hall–Kier alpha value is -0.810. The molecule has 1 heterocycles. The van der Waals surface area contributed by atoms with Gasteiger partial charge in [-0.2, -0.15) is 0 Å². The van der Waals surface area contributed by atoms with Crippen molar-refractivity contribution in [2.45, 2.75) is 37.6 Å². The smallest absolute Gasteiger partial charge is 0.315 e. The lowest BCUT2D eigenvalue weighted by Crippen LogP contribution is -2.33. The van der Waals surface area contributed by atoms with E-state index in [1.54, 1.807) is 12.1 Å². The second kappa shape index (κ2) is 5.69. The summed E-state index contributed by atoms with van der Waals surface area (Å²) < 4.78 is 5.89. The van der Waals surface area contributed by atoms with Crippen LogP contribution in [0.1, 0.15) is 37.4 Å². The number of carboxylic acid groups (broad SMARTS) is 1. The van der Waals surface area contributed by atoms with E-state index in [9.17, 15) is 9.90 Å². The zero-order valence-corrected chi connectivity index (χ0v) is 11.1. The number of carboxylic acids is 1. The molecular weight excluding hydrogens is 286 g/mol. The maximum atomic E-state index is 11.2. The molecule has 2 rings (SSSR count). The molecule has 0 aromatic carbocycles. The SMILES string of the molecule is O=C(O)C(CNC1CCCC1)c1ccc(Br)o1. The third-order valence-corrected chi connectivity index (χ3v) is 3.63. The summed E-state index contributed by atoms with van der Waals surface area (Å²) in [5.41, 5.74) is 0. The molecule has 1 unspecified atom stereocenters. The predicted molar refractivity (Wildman–Crippen MR) is 67.0 cm³/mol. The number of rotatable bonds is 5. The molecule has 0 bridgehead atoms. The van der Waals surface area contributed by atoms with Crippen LogP contribution < -0.4 is 5.32 Å². The Balaban J connectivity index is 1.95. The zero-order valence-electron chi connectivity index (χ0n) is 9.49. The topological polar surface area (TPSA) is 62.5 Å². The minimum absolute atomic E-state index is 0.431. The van der Waals surface area contributed by atoms with Crippen LogP contribution in [0.3, 0.4) is 0 Å². The minimum atomic E-state index is -0.850. The summed E-state index contributed by atoms with van der Waals surface area (Å²) in [5, 5.41) is 12.5. The summed E-state index contributed by atoms with van der Waals surface area (Å²) in [6.45, 7) is 0.431. The fourth-order valence-corrected chi connectivity index (χ4v) is 2.56. The molecule has 1 aliphatic rings. The third-order valence-electron chi connectivity index (χ3n) is 3.20. The number of nitrogens with one attached hydrogen (secondary N) is 1. The average Bonchev–Trinajstić information content (AvgIpc) is 2.90. The van der Waals surface area contributed by atoms with Crippen LogP contribution in [0.25, 0.3) is 0 Å². The zero-order chi connectivity index (χ0) is 12.3. The lowest BCUT2D eigenvalue weighted by molar-refractivity contribution is -0.139. The van der Waals surface area contributed by atoms with E-state index in [1.165, 1.54) is 12.8 Å². The molecule has 0 amide bonds. The van der Waals surface area contributed by atoms with Crippen molar-refractivity contribution >= 4 is 21.9 Å². The number of carbonyl (C=O) groups is 1. The first-order valence-electron chi connectivity index (χ1n) is 5.88. The molecule has 5 heteroatoms. The van der Waals surface area contributed by atoms with Gasteiger partial charge in [0.2, 0.25) is 0 Å². The average molecular weight is 302 g/mol. The van der Waals surface area contributed by atoms with Gasteiger partial charge in [-0.15, -0.1) is 0 Å². The first kappa shape index (κ1) is 12.6. The fraction of sp³-hybridized carbons (Fsp3) is 0.583. The van der Waals surface area contributed by atoms with Gasteiger partial charge in [-0.1, -0.05) is 12.8 Å². The van der Waals surface area contributed by atoms with Gasteiger partial charge in [-0.3, -0.25) is 4.79 Å². The second-order valence-electron chi connectivity index (χ2n) is 4.42. The minimum Gasteiger partial charge on any atom is -0.481 e. The number of furan rings is 1. The van der Waals surface area contributed by atoms with Crippen molar-refractivity contribution in [3.05, 3.63) is 22.6 Å². The summed E-state index contributed by atoms with van der Waals surface area (Å²) in [7, 11) is 0. The molecule has 4 nitrogen and oxygen atoms in total. The third kappa shape index (κ3) is 3.33. The van der Waals surface area contributed by atoms with Gasteiger partial charge in [0.15, 0.2) is 4.67 Å². The fourth-order valence-electron chi connectivity index (χ4n) is 2.24. The van der Waals surface area contributed by atoms with Crippen molar-refractivity contribution in [3.63, 3.8) is 0 Å². The number of hydrogen-bond acceptors (Lipinski definition) is 3. The molecule has 1 fully saturated rings. The highest BCUT2D eigenvalue weighted by molar-refractivity contribution is 9.10. The van der Waals surface area contributed by atoms with Crippen LogP contribution in [0.15, 0.2) is 21.2 Å². The Kier molecular flexibility index (Phi) is 4.23. The standard InChI is InChI=1S/C12H16BrNO3/c13-11-6-5-10(17-11)9(12(15)16)7-14-8-3-1-2-4-8/h5-6,8-9,14H,1-4,7H2,(H,15,16). The van der Waals surface area contributed by atoms with E-state index in [4.69, 9.17) is 4.42 Å². The lowest BCUT2D eigenvalue weighted by atomic mass is 10.1. The van der Waals surface area contributed by atoms with Crippen molar-refractivity contribution in [3.8, 4) is 0 Å². The van der Waals surface area contributed by atoms with Gasteiger partial charge in [0, 0.05) is 12.6 Å². The van der Waals surface area contributed by atoms with Crippen LogP contribution in [-0.2, 0) is 4.79 Å². The quantitative estimate of drug-likeness (QED) is 0.878. The van der Waals surface area contributed by atoms with Gasteiger partial charge in [0.05, 0.1) is 0 Å². The molecular formula is C12H16BrNO3. The highest BCUT2D eigenvalue weighted by atomic mass is 79.9. The molecule has 0 radical (unpaired) electrons. The van der Waals surface area contributed by atoms with Crippen molar-refractivity contribution < 1.29 is 14.3 Å². The Bertz CT molecular complexity index is 385. The van der Waals surface area contributed by atoms with E-state index < -0.39 is 11.9 Å². The van der Waals surface area contributed by atoms with Gasteiger partial charge in [-0.05, 0) is 40.9 Å². The Morgan fingerprint density at radius 3 is 2.76 bits per heavy atom. The first-order chi connectivity index (χ1) is 8.16. The first-order valence-corrected chi connectivity index (χ1v) is 6.67. The maximum absolute atomic E-state index is 11.2. The molecule has 1 atom stereocenters. The predicted octanol–water partition coefficient (Wildman–Crippen LogP) is 2.74. The summed E-state index contributed by atoms with van der Waals surface area (Å²) in [6, 6.07) is 3.90.